The van der Waals surface area contributed by atoms with Crippen molar-refractivity contribution in [1.29, 1.82) is 0 Å². The predicted octanol–water partition coefficient (Wildman–Crippen LogP) is 1.01. The number of hydrogen-bond acceptors (Lipinski definition) is 5. The van der Waals surface area contributed by atoms with E-state index in [1.807, 2.05) is 30.3 Å². The first-order valence-electron chi connectivity index (χ1n) is 8.98. The van der Waals surface area contributed by atoms with Crippen LogP contribution in [-0.4, -0.2) is 55.5 Å². The first-order chi connectivity index (χ1) is 12.5. The van der Waals surface area contributed by atoms with Gasteiger partial charge >= 0.3 is 5.97 Å². The average molecular weight is 361 g/mol. The van der Waals surface area contributed by atoms with E-state index >= 15 is 0 Å². The van der Waals surface area contributed by atoms with Crippen molar-refractivity contribution in [1.82, 2.24) is 15.5 Å². The molecule has 1 aliphatic heterocycles. The number of esters is 1. The fraction of sp³-hybridized carbons (Fsp3) is 0.526. The lowest BCUT2D eigenvalue weighted by molar-refractivity contribution is -0.146. The van der Waals surface area contributed by atoms with Crippen LogP contribution in [0.2, 0.25) is 0 Å². The lowest BCUT2D eigenvalue weighted by Crippen LogP contribution is -2.58. The second-order valence-electron chi connectivity index (χ2n) is 6.38. The molecule has 1 aromatic carbocycles. The zero-order valence-corrected chi connectivity index (χ0v) is 15.4. The molecule has 0 spiro atoms. The third-order valence-corrected chi connectivity index (χ3v) is 4.49. The number of benzene rings is 1. The lowest BCUT2D eigenvalue weighted by atomic mass is 10.0. The Hall–Kier alpha value is -2.41. The molecule has 142 valence electrons. The van der Waals surface area contributed by atoms with Gasteiger partial charge in [-0.2, -0.15) is 0 Å². The highest BCUT2D eigenvalue weighted by Crippen LogP contribution is 2.18. The molecule has 0 aromatic heterocycles. The van der Waals surface area contributed by atoms with Crippen LogP contribution < -0.4 is 10.6 Å². The quantitative estimate of drug-likeness (QED) is 0.675. The number of carbonyl (C=O) groups excluding carboxylic acids is 3. The maximum Gasteiger partial charge on any atom is 0.307 e. The Morgan fingerprint density at radius 1 is 1.35 bits per heavy atom. The highest BCUT2D eigenvalue weighted by atomic mass is 16.5. The first kappa shape index (κ1) is 19.9. The first-order valence-corrected chi connectivity index (χ1v) is 8.98. The molecule has 1 heterocycles. The molecule has 2 rings (SSSR count). The molecule has 2 N–H and O–H groups in total. The van der Waals surface area contributed by atoms with E-state index in [9.17, 15) is 14.4 Å². The van der Waals surface area contributed by atoms with E-state index in [1.54, 1.807) is 4.90 Å². The number of piperazine rings is 1. The third kappa shape index (κ3) is 5.56. The van der Waals surface area contributed by atoms with Crippen LogP contribution >= 0.6 is 0 Å². The predicted molar refractivity (Wildman–Crippen MR) is 97.2 cm³/mol. The molecule has 0 unspecified atom stereocenters. The lowest BCUT2D eigenvalue weighted by Gasteiger charge is -2.34. The van der Waals surface area contributed by atoms with Crippen LogP contribution in [0.5, 0.6) is 0 Å². The van der Waals surface area contributed by atoms with Crippen LogP contribution in [0.3, 0.4) is 0 Å². The Bertz CT molecular complexity index is 620. The van der Waals surface area contributed by atoms with Gasteiger partial charge in [-0.15, -0.1) is 0 Å². The minimum Gasteiger partial charge on any atom is -0.469 e. The largest absolute Gasteiger partial charge is 0.469 e. The summed E-state index contributed by atoms with van der Waals surface area (Å²) in [7, 11) is 1.29. The Balaban J connectivity index is 2.01. The Morgan fingerprint density at radius 3 is 2.73 bits per heavy atom. The second kappa shape index (κ2) is 9.91. The molecule has 1 aliphatic rings. The molecule has 2 atom stereocenters. The number of methoxy groups -OCH3 is 1. The second-order valence-corrected chi connectivity index (χ2v) is 6.38. The summed E-state index contributed by atoms with van der Waals surface area (Å²) in [6.45, 7) is 3.12. The topological polar surface area (TPSA) is 87.7 Å². The normalized spacial score (nSPS) is 18.7. The number of nitrogens with one attached hydrogen (secondary N) is 2. The Morgan fingerprint density at radius 2 is 2.08 bits per heavy atom. The summed E-state index contributed by atoms with van der Waals surface area (Å²) in [5, 5.41) is 5.79. The fourth-order valence-electron chi connectivity index (χ4n) is 3.14. The van der Waals surface area contributed by atoms with E-state index in [2.05, 4.69) is 22.3 Å². The van der Waals surface area contributed by atoms with Crippen molar-refractivity contribution in [3.05, 3.63) is 35.9 Å². The van der Waals surface area contributed by atoms with Gasteiger partial charge in [0.25, 0.3) is 0 Å². The van der Waals surface area contributed by atoms with E-state index in [0.717, 1.165) is 18.4 Å². The van der Waals surface area contributed by atoms with E-state index in [1.165, 1.54) is 7.11 Å². The van der Waals surface area contributed by atoms with Crippen molar-refractivity contribution < 1.29 is 19.1 Å². The van der Waals surface area contributed by atoms with Crippen molar-refractivity contribution in [3.63, 3.8) is 0 Å². The van der Waals surface area contributed by atoms with Gasteiger partial charge in [0.1, 0.15) is 6.04 Å². The summed E-state index contributed by atoms with van der Waals surface area (Å²) in [6, 6.07) is 9.09. The number of rotatable bonds is 8. The van der Waals surface area contributed by atoms with Gasteiger partial charge in [-0.05, 0) is 12.0 Å². The third-order valence-electron chi connectivity index (χ3n) is 4.49. The number of ether oxygens (including phenoxy) is 1. The molecule has 7 nitrogen and oxygen atoms in total. The van der Waals surface area contributed by atoms with E-state index in [4.69, 9.17) is 0 Å². The molecule has 2 amide bonds. The zero-order valence-electron chi connectivity index (χ0n) is 15.4. The molecule has 7 heteroatoms. The van der Waals surface area contributed by atoms with Gasteiger partial charge in [0, 0.05) is 13.1 Å². The van der Waals surface area contributed by atoms with Crippen LogP contribution in [0.1, 0.15) is 37.8 Å². The van der Waals surface area contributed by atoms with E-state index in [-0.39, 0.29) is 30.8 Å². The van der Waals surface area contributed by atoms with Crippen molar-refractivity contribution in [3.8, 4) is 0 Å². The Kier molecular flexibility index (Phi) is 7.59. The number of hydrogen-bond donors (Lipinski definition) is 2. The summed E-state index contributed by atoms with van der Waals surface area (Å²) in [5.74, 6) is -0.870. The fourth-order valence-corrected chi connectivity index (χ4v) is 3.14. The Labute approximate surface area is 154 Å². The summed E-state index contributed by atoms with van der Waals surface area (Å²) in [6.07, 6.45) is 1.71. The molecule has 1 saturated heterocycles. The zero-order chi connectivity index (χ0) is 18.9. The molecular formula is C19H27N3O4. The van der Waals surface area contributed by atoms with Gasteiger partial charge < -0.3 is 15.4 Å². The molecule has 1 aromatic rings. The number of amides is 2. The van der Waals surface area contributed by atoms with E-state index < -0.39 is 12.0 Å². The van der Waals surface area contributed by atoms with Gasteiger partial charge in [0.05, 0.1) is 26.1 Å². The van der Waals surface area contributed by atoms with Crippen LogP contribution in [-0.2, 0) is 19.1 Å². The van der Waals surface area contributed by atoms with Crippen molar-refractivity contribution in [2.45, 2.75) is 38.3 Å². The minimum atomic E-state index is -0.677. The number of nitrogens with zero attached hydrogens (tertiary/aromatic N) is 1. The van der Waals surface area contributed by atoms with Crippen LogP contribution in [0.4, 0.5) is 0 Å². The van der Waals surface area contributed by atoms with Gasteiger partial charge in [0.15, 0.2) is 0 Å². The van der Waals surface area contributed by atoms with E-state index in [0.29, 0.717) is 13.1 Å². The molecular weight excluding hydrogens is 334 g/mol. The number of carbonyl (C=O) groups is 3. The summed E-state index contributed by atoms with van der Waals surface area (Å²) < 4.78 is 4.66. The van der Waals surface area contributed by atoms with Gasteiger partial charge in [-0.25, -0.2) is 0 Å². The molecule has 0 saturated carbocycles. The standard InChI is InChI=1S/C19H27N3O4/c1-3-7-15(14-8-5-4-6-9-14)21-17(23)13-22-11-10-20-19(25)16(22)12-18(24)26-2/h4-6,8-9,15-16H,3,7,10-13H2,1-2H3,(H,20,25)(H,21,23)/t15-,16+/m1/s1. The summed E-state index contributed by atoms with van der Waals surface area (Å²) in [5.41, 5.74) is 1.06. The van der Waals surface area contributed by atoms with Crippen LogP contribution in [0.25, 0.3) is 0 Å². The average Bonchev–Trinajstić information content (AvgIpc) is 2.64. The summed E-state index contributed by atoms with van der Waals surface area (Å²) in [4.78, 5) is 38.0. The van der Waals surface area contributed by atoms with Gasteiger partial charge in [-0.1, -0.05) is 43.7 Å². The smallest absolute Gasteiger partial charge is 0.307 e. The van der Waals surface area contributed by atoms with Crippen LogP contribution in [0.15, 0.2) is 30.3 Å². The monoisotopic (exact) mass is 361 g/mol. The van der Waals surface area contributed by atoms with Crippen molar-refractivity contribution >= 4 is 17.8 Å². The maximum atomic E-state index is 12.6. The van der Waals surface area contributed by atoms with Gasteiger partial charge in [0.2, 0.25) is 11.8 Å². The summed E-state index contributed by atoms with van der Waals surface area (Å²) >= 11 is 0. The minimum absolute atomic E-state index is 0.0628. The SMILES string of the molecule is CCC[C@@H](NC(=O)CN1CCNC(=O)[C@@H]1CC(=O)OC)c1ccccc1. The van der Waals surface area contributed by atoms with Gasteiger partial charge in [-0.3, -0.25) is 19.3 Å². The maximum absolute atomic E-state index is 12.6. The molecule has 0 radical (unpaired) electrons. The highest BCUT2D eigenvalue weighted by molar-refractivity contribution is 5.88. The molecule has 1 fully saturated rings. The molecule has 0 aliphatic carbocycles. The van der Waals surface area contributed by atoms with Crippen molar-refractivity contribution in [2.75, 3.05) is 26.7 Å². The van der Waals surface area contributed by atoms with Crippen LogP contribution in [0, 0.1) is 0 Å². The molecule has 26 heavy (non-hydrogen) atoms. The molecule has 0 bridgehead atoms. The highest BCUT2D eigenvalue weighted by Gasteiger charge is 2.33. The van der Waals surface area contributed by atoms with Crippen molar-refractivity contribution in [2.24, 2.45) is 0 Å².